The van der Waals surface area contributed by atoms with Crippen molar-refractivity contribution in [3.05, 3.63) is 12.2 Å². The summed E-state index contributed by atoms with van der Waals surface area (Å²) in [4.78, 5) is 45.2. The second-order valence-electron chi connectivity index (χ2n) is 3.97. The number of rotatable bonds is 7. The molecule has 0 saturated carbocycles. The lowest BCUT2D eigenvalue weighted by Crippen LogP contribution is -2.42. The molecule has 3 amide bonds. The fraction of sp³-hybridized carbons (Fsp3) is 0.400. The van der Waals surface area contributed by atoms with Gasteiger partial charge < -0.3 is 10.1 Å². The number of amides is 3. The third kappa shape index (κ3) is 4.90. The molecule has 0 aromatic heterocycles. The maximum atomic E-state index is 11.5. The van der Waals surface area contributed by atoms with E-state index in [-0.39, 0.29) is 19.3 Å². The quantitative estimate of drug-likeness (QED) is 0.311. The van der Waals surface area contributed by atoms with E-state index in [9.17, 15) is 27.6 Å². The highest BCUT2D eigenvalue weighted by atomic mass is 32.2. The summed E-state index contributed by atoms with van der Waals surface area (Å²) >= 11 is 0. The van der Waals surface area contributed by atoms with Gasteiger partial charge in [0.2, 0.25) is 5.91 Å². The number of imide groups is 1. The first-order valence-electron chi connectivity index (χ1n) is 5.46. The molecule has 0 radical (unpaired) electrons. The van der Waals surface area contributed by atoms with Crippen molar-refractivity contribution in [3.63, 3.8) is 0 Å². The van der Waals surface area contributed by atoms with Gasteiger partial charge in [0, 0.05) is 25.1 Å². The van der Waals surface area contributed by atoms with Crippen molar-refractivity contribution in [1.29, 1.82) is 0 Å². The molecule has 0 spiro atoms. The van der Waals surface area contributed by atoms with Crippen LogP contribution in [0.25, 0.3) is 0 Å². The van der Waals surface area contributed by atoms with Gasteiger partial charge in [-0.2, -0.15) is 8.42 Å². The number of aldehydes is 1. The van der Waals surface area contributed by atoms with Crippen molar-refractivity contribution in [2.45, 2.75) is 12.5 Å². The van der Waals surface area contributed by atoms with Gasteiger partial charge in [0.05, 0.1) is 0 Å². The molecular formula is C10H12N2O7S. The van der Waals surface area contributed by atoms with Crippen molar-refractivity contribution in [3.8, 4) is 0 Å². The summed E-state index contributed by atoms with van der Waals surface area (Å²) in [6.45, 7) is -0.187. The summed E-state index contributed by atoms with van der Waals surface area (Å²) in [6.07, 6.45) is 2.01. The highest BCUT2D eigenvalue weighted by Crippen LogP contribution is 2.04. The molecule has 9 nitrogen and oxygen atoms in total. The summed E-state index contributed by atoms with van der Waals surface area (Å²) in [7, 11) is -4.40. The van der Waals surface area contributed by atoms with Gasteiger partial charge in [-0.25, -0.2) is 0 Å². The topological polar surface area (TPSA) is 138 Å². The zero-order valence-electron chi connectivity index (χ0n) is 10.2. The molecule has 0 aromatic rings. The zero-order chi connectivity index (χ0) is 15.3. The molecule has 20 heavy (non-hydrogen) atoms. The van der Waals surface area contributed by atoms with E-state index < -0.39 is 39.6 Å². The highest BCUT2D eigenvalue weighted by Gasteiger charge is 2.24. The third-order valence-corrected chi connectivity index (χ3v) is 3.14. The highest BCUT2D eigenvalue weighted by molar-refractivity contribution is 7.85. The zero-order valence-corrected chi connectivity index (χ0v) is 11.0. The Hall–Kier alpha value is -2.07. The SMILES string of the molecule is O=CC(CS(=O)(=O)O)NC(=O)CCN1C(=O)C=CC1=O. The van der Waals surface area contributed by atoms with E-state index in [2.05, 4.69) is 5.32 Å². The Morgan fingerprint density at radius 1 is 1.35 bits per heavy atom. The lowest BCUT2D eigenvalue weighted by molar-refractivity contribution is -0.137. The van der Waals surface area contributed by atoms with Crippen LogP contribution in [0.5, 0.6) is 0 Å². The van der Waals surface area contributed by atoms with E-state index in [4.69, 9.17) is 4.55 Å². The molecule has 1 aliphatic rings. The van der Waals surface area contributed by atoms with Crippen LogP contribution >= 0.6 is 0 Å². The van der Waals surface area contributed by atoms with Crippen LogP contribution in [0, 0.1) is 0 Å². The largest absolute Gasteiger partial charge is 0.345 e. The van der Waals surface area contributed by atoms with Crippen LogP contribution < -0.4 is 5.32 Å². The molecule has 0 fully saturated rings. The van der Waals surface area contributed by atoms with E-state index in [1.54, 1.807) is 0 Å². The minimum Gasteiger partial charge on any atom is -0.345 e. The van der Waals surface area contributed by atoms with Crippen molar-refractivity contribution in [2.24, 2.45) is 0 Å². The van der Waals surface area contributed by atoms with Crippen LogP contribution in [0.3, 0.4) is 0 Å². The second-order valence-corrected chi connectivity index (χ2v) is 5.47. The minimum atomic E-state index is -4.40. The van der Waals surface area contributed by atoms with E-state index >= 15 is 0 Å². The van der Waals surface area contributed by atoms with Crippen molar-refractivity contribution >= 4 is 34.1 Å². The van der Waals surface area contributed by atoms with Gasteiger partial charge in [0.25, 0.3) is 21.9 Å². The number of nitrogens with one attached hydrogen (secondary N) is 1. The average Bonchev–Trinajstić information content (AvgIpc) is 2.64. The predicted octanol–water partition coefficient (Wildman–Crippen LogP) is -2.13. The van der Waals surface area contributed by atoms with Gasteiger partial charge in [0.15, 0.2) is 0 Å². The Balaban J connectivity index is 2.45. The van der Waals surface area contributed by atoms with E-state index in [1.807, 2.05) is 0 Å². The Kier molecular flexibility index (Phi) is 5.11. The number of carbonyl (C=O) groups is 4. The van der Waals surface area contributed by atoms with Gasteiger partial charge in [-0.1, -0.05) is 0 Å². The molecule has 1 atom stereocenters. The van der Waals surface area contributed by atoms with Crippen molar-refractivity contribution in [1.82, 2.24) is 10.2 Å². The van der Waals surface area contributed by atoms with Crippen LogP contribution in [-0.4, -0.2) is 60.2 Å². The first-order valence-corrected chi connectivity index (χ1v) is 7.07. The number of nitrogens with zero attached hydrogens (tertiary/aromatic N) is 1. The van der Waals surface area contributed by atoms with Gasteiger partial charge in [-0.05, 0) is 0 Å². The van der Waals surface area contributed by atoms with Crippen molar-refractivity contribution < 1.29 is 32.1 Å². The fourth-order valence-corrected chi connectivity index (χ4v) is 2.10. The van der Waals surface area contributed by atoms with Crippen molar-refractivity contribution in [2.75, 3.05) is 12.3 Å². The molecule has 1 unspecified atom stereocenters. The minimum absolute atomic E-state index is 0.166. The van der Waals surface area contributed by atoms with Gasteiger partial charge >= 0.3 is 0 Å². The molecule has 0 aromatic carbocycles. The number of hydrogen-bond donors (Lipinski definition) is 2. The summed E-state index contributed by atoms with van der Waals surface area (Å²) in [5.74, 6) is -2.76. The Morgan fingerprint density at radius 3 is 2.35 bits per heavy atom. The Bertz CT molecular complexity index is 548. The molecule has 0 aliphatic carbocycles. The summed E-state index contributed by atoms with van der Waals surface area (Å²) in [5.41, 5.74) is 0. The van der Waals surface area contributed by atoms with E-state index in [1.165, 1.54) is 0 Å². The Labute approximate surface area is 114 Å². The fourth-order valence-electron chi connectivity index (χ4n) is 1.49. The maximum absolute atomic E-state index is 11.5. The van der Waals surface area contributed by atoms with E-state index in [0.717, 1.165) is 17.1 Å². The molecule has 1 aliphatic heterocycles. The van der Waals surface area contributed by atoms with Gasteiger partial charge in [-0.3, -0.25) is 23.8 Å². The molecule has 0 saturated heterocycles. The van der Waals surface area contributed by atoms with Crippen LogP contribution in [0.4, 0.5) is 0 Å². The Morgan fingerprint density at radius 2 is 1.90 bits per heavy atom. The lowest BCUT2D eigenvalue weighted by atomic mass is 10.3. The molecule has 1 heterocycles. The second kappa shape index (κ2) is 6.39. The summed E-state index contributed by atoms with van der Waals surface area (Å²) in [6, 6.07) is -1.39. The number of hydrogen-bond acceptors (Lipinski definition) is 6. The van der Waals surface area contributed by atoms with Gasteiger partial charge in [-0.15, -0.1) is 0 Å². The summed E-state index contributed by atoms with van der Waals surface area (Å²) < 4.78 is 29.7. The average molecular weight is 304 g/mol. The molecule has 110 valence electrons. The molecule has 0 bridgehead atoms. The standard InChI is InChI=1S/C10H12N2O7S/c13-5-7(6-20(17,18)19)11-8(14)3-4-12-9(15)1-2-10(12)16/h1-2,5,7H,3-4,6H2,(H,11,14)(H,17,18,19). The molecule has 1 rings (SSSR count). The lowest BCUT2D eigenvalue weighted by Gasteiger charge is -2.15. The normalized spacial score (nSPS) is 16.4. The maximum Gasteiger partial charge on any atom is 0.267 e. The molecular weight excluding hydrogens is 292 g/mol. The van der Waals surface area contributed by atoms with Crippen LogP contribution in [0.2, 0.25) is 0 Å². The van der Waals surface area contributed by atoms with Crippen LogP contribution in [-0.2, 0) is 29.3 Å². The van der Waals surface area contributed by atoms with E-state index in [0.29, 0.717) is 0 Å². The van der Waals surface area contributed by atoms with Crippen LogP contribution in [0.1, 0.15) is 6.42 Å². The number of carbonyl (C=O) groups excluding carboxylic acids is 4. The third-order valence-electron chi connectivity index (χ3n) is 2.36. The van der Waals surface area contributed by atoms with Crippen LogP contribution in [0.15, 0.2) is 12.2 Å². The first kappa shape index (κ1) is 16.0. The smallest absolute Gasteiger partial charge is 0.267 e. The monoisotopic (exact) mass is 304 g/mol. The first-order chi connectivity index (χ1) is 9.23. The summed E-state index contributed by atoms with van der Waals surface area (Å²) in [5, 5.41) is 2.06. The van der Waals surface area contributed by atoms with Gasteiger partial charge in [0.1, 0.15) is 18.1 Å². The molecule has 2 N–H and O–H groups in total. The predicted molar refractivity (Wildman–Crippen MR) is 64.9 cm³/mol. The molecule has 10 heteroatoms.